The Hall–Kier alpha value is -2.59. The monoisotopic (exact) mass is 583 g/mol. The van der Waals surface area contributed by atoms with E-state index in [9.17, 15) is 14.7 Å². The fourth-order valence-electron chi connectivity index (χ4n) is 5.30. The Morgan fingerprint density at radius 3 is 2.42 bits per heavy atom. The smallest absolute Gasteiger partial charge is 0.311 e. The molecule has 0 radical (unpaired) electrons. The minimum Gasteiger partial charge on any atom is -0.462 e. The van der Waals surface area contributed by atoms with Crippen molar-refractivity contribution in [3.8, 4) is 0 Å². The number of esters is 2. The lowest BCUT2D eigenvalue weighted by Gasteiger charge is -2.44. The molecule has 40 heavy (non-hydrogen) atoms. The third-order valence-electron chi connectivity index (χ3n) is 8.01. The molecule has 10 nitrogen and oxygen atoms in total. The van der Waals surface area contributed by atoms with E-state index in [2.05, 4.69) is 37.1 Å². The maximum atomic E-state index is 12.9. The Balaban J connectivity index is 0.000000692. The lowest BCUT2D eigenvalue weighted by atomic mass is 9.65. The van der Waals surface area contributed by atoms with Gasteiger partial charge in [-0.3, -0.25) is 15.0 Å². The molecule has 0 saturated carbocycles. The van der Waals surface area contributed by atoms with Gasteiger partial charge in [0.1, 0.15) is 12.2 Å². The first-order chi connectivity index (χ1) is 18.1. The molecular formula is C29H50ClN5O5. The highest BCUT2D eigenvalue weighted by atomic mass is 35.5. The number of nitrogens with two attached hydrogens (primary N) is 2. The molecule has 0 aromatic heterocycles. The molecule has 1 aliphatic heterocycles. The molecule has 3 rings (SSSR count). The van der Waals surface area contributed by atoms with Crippen LogP contribution in [0.1, 0.15) is 73.1 Å². The van der Waals surface area contributed by atoms with Gasteiger partial charge < -0.3 is 30.9 Å². The number of halogens is 1. The number of cyclic esters (lactones) is 1. The molecule has 6 N–H and O–H groups in total. The Morgan fingerprint density at radius 2 is 1.90 bits per heavy atom. The van der Waals surface area contributed by atoms with Gasteiger partial charge >= 0.3 is 11.9 Å². The van der Waals surface area contributed by atoms with Gasteiger partial charge in [0.05, 0.1) is 17.9 Å². The van der Waals surface area contributed by atoms with Crippen LogP contribution in [0.25, 0.3) is 0 Å². The second kappa shape index (κ2) is 15.4. The van der Waals surface area contributed by atoms with Crippen LogP contribution in [0.4, 0.5) is 0 Å². The quantitative estimate of drug-likeness (QED) is 0.208. The highest BCUT2D eigenvalue weighted by molar-refractivity contribution is 5.91. The maximum absolute atomic E-state index is 12.9. The third kappa shape index (κ3) is 10.1. The van der Waals surface area contributed by atoms with Gasteiger partial charge in [0.25, 0.3) is 0 Å². The highest BCUT2D eigenvalue weighted by Crippen LogP contribution is 2.45. The van der Waals surface area contributed by atoms with Crippen molar-refractivity contribution in [2.45, 2.75) is 91.5 Å². The second-order valence-electron chi connectivity index (χ2n) is 12.0. The second-order valence-corrected chi connectivity index (χ2v) is 12.0. The average molecular weight is 584 g/mol. The number of allylic oxidation sites excluding steroid dienone is 3. The SMILES string of the molecule is CCC(C)(C)C(=O)O[C@H]1C[C@@H](C)C=C2C=C[C@H](C)[C@H](CC[C@@H]3C[C@@H](O)CC(=O)O3)[C@H]21.CN(C)C(=N)N=C(N)N.Cl. The summed E-state index contributed by atoms with van der Waals surface area (Å²) in [5, 5.41) is 17.0. The normalized spacial score (nSPS) is 29.2. The van der Waals surface area contributed by atoms with E-state index in [0.29, 0.717) is 24.2 Å². The summed E-state index contributed by atoms with van der Waals surface area (Å²) < 4.78 is 11.6. The summed E-state index contributed by atoms with van der Waals surface area (Å²) in [7, 11) is 3.38. The van der Waals surface area contributed by atoms with Crippen molar-refractivity contribution >= 4 is 36.3 Å². The van der Waals surface area contributed by atoms with Gasteiger partial charge in [0.2, 0.25) is 5.96 Å². The number of rotatable bonds is 6. The molecule has 0 aromatic carbocycles. The van der Waals surface area contributed by atoms with Crippen LogP contribution >= 0.6 is 12.4 Å². The Morgan fingerprint density at radius 1 is 1.25 bits per heavy atom. The van der Waals surface area contributed by atoms with E-state index < -0.39 is 11.5 Å². The number of ether oxygens (including phenoxy) is 2. The van der Waals surface area contributed by atoms with E-state index in [1.807, 2.05) is 20.8 Å². The van der Waals surface area contributed by atoms with Crippen molar-refractivity contribution in [1.29, 1.82) is 5.41 Å². The topological polar surface area (TPSA) is 164 Å². The highest BCUT2D eigenvalue weighted by Gasteiger charge is 2.43. The summed E-state index contributed by atoms with van der Waals surface area (Å²) in [6, 6.07) is 0. The molecule has 3 aliphatic rings. The fraction of sp³-hybridized carbons (Fsp3) is 0.724. The van der Waals surface area contributed by atoms with Crippen molar-refractivity contribution in [3.63, 3.8) is 0 Å². The van der Waals surface area contributed by atoms with Crippen molar-refractivity contribution in [1.82, 2.24) is 4.90 Å². The molecule has 228 valence electrons. The fourth-order valence-corrected chi connectivity index (χ4v) is 5.30. The van der Waals surface area contributed by atoms with E-state index in [4.69, 9.17) is 26.4 Å². The van der Waals surface area contributed by atoms with Crippen LogP contribution < -0.4 is 11.5 Å². The standard InChI is InChI=1S/C25H38O5.C4H11N5.ClH/c1-6-25(4,5)24(28)30-21-12-15(2)11-17-8-7-16(3)20(23(17)21)10-9-19-13-18(26)14-22(27)29-19;1-9(2)4(7)8-3(5)6;/h7-8,11,15-16,18-21,23,26H,6,9-10,12-14H2,1-5H3;1-2H3,(H5,5,6,7,8);1H/t15-,16-,18+,19+,20-,21-,23-;;/m0../s1. The summed E-state index contributed by atoms with van der Waals surface area (Å²) in [6.07, 6.45) is 9.61. The number of guanidine groups is 2. The van der Waals surface area contributed by atoms with Crippen LogP contribution in [0, 0.1) is 34.5 Å². The van der Waals surface area contributed by atoms with Gasteiger partial charge in [0, 0.05) is 26.4 Å². The van der Waals surface area contributed by atoms with Crippen molar-refractivity contribution in [2.75, 3.05) is 14.1 Å². The zero-order chi connectivity index (χ0) is 29.5. The van der Waals surface area contributed by atoms with E-state index in [0.717, 1.165) is 25.7 Å². The summed E-state index contributed by atoms with van der Waals surface area (Å²) in [4.78, 5) is 29.5. The first kappa shape index (κ1) is 35.4. The molecule has 2 aliphatic carbocycles. The Kier molecular flexibility index (Phi) is 13.7. The minimum atomic E-state index is -0.601. The molecule has 0 spiro atoms. The molecule has 1 fully saturated rings. The zero-order valence-corrected chi connectivity index (χ0v) is 25.9. The number of aliphatic hydroxyl groups excluding tert-OH is 1. The molecule has 11 heteroatoms. The first-order valence-electron chi connectivity index (χ1n) is 14.0. The maximum Gasteiger partial charge on any atom is 0.311 e. The van der Waals surface area contributed by atoms with Crippen molar-refractivity contribution in [2.24, 2.45) is 45.5 Å². The summed E-state index contributed by atoms with van der Waals surface area (Å²) in [5.41, 5.74) is 10.8. The predicted molar refractivity (Wildman–Crippen MR) is 160 cm³/mol. The zero-order valence-electron chi connectivity index (χ0n) is 25.1. The number of fused-ring (bicyclic) bond motifs is 1. The summed E-state index contributed by atoms with van der Waals surface area (Å²) in [5.74, 6) is 0.738. The van der Waals surface area contributed by atoms with Crippen LogP contribution in [-0.2, 0) is 19.1 Å². The van der Waals surface area contributed by atoms with E-state index in [-0.39, 0.29) is 60.8 Å². The van der Waals surface area contributed by atoms with Crippen LogP contribution in [0.5, 0.6) is 0 Å². The van der Waals surface area contributed by atoms with Crippen molar-refractivity contribution < 1.29 is 24.2 Å². The molecule has 0 bridgehead atoms. The van der Waals surface area contributed by atoms with Crippen LogP contribution in [0.15, 0.2) is 28.8 Å². The number of aliphatic hydroxyl groups is 1. The van der Waals surface area contributed by atoms with Gasteiger partial charge in [-0.2, -0.15) is 4.99 Å². The number of nitrogens with one attached hydrogen (secondary N) is 1. The van der Waals surface area contributed by atoms with E-state index in [1.165, 1.54) is 10.5 Å². The van der Waals surface area contributed by atoms with Gasteiger partial charge in [-0.05, 0) is 62.9 Å². The third-order valence-corrected chi connectivity index (χ3v) is 8.01. The number of carbonyl (C=O) groups excluding carboxylic acids is 2. The number of nitrogens with zero attached hydrogens (tertiary/aromatic N) is 2. The molecule has 0 unspecified atom stereocenters. The summed E-state index contributed by atoms with van der Waals surface area (Å²) in [6.45, 7) is 10.3. The molecule has 7 atom stereocenters. The van der Waals surface area contributed by atoms with Crippen molar-refractivity contribution in [3.05, 3.63) is 23.8 Å². The van der Waals surface area contributed by atoms with Gasteiger partial charge in [-0.1, -0.05) is 39.0 Å². The number of carbonyl (C=O) groups is 2. The minimum absolute atomic E-state index is 0. The summed E-state index contributed by atoms with van der Waals surface area (Å²) >= 11 is 0. The van der Waals surface area contributed by atoms with E-state index in [1.54, 1.807) is 14.1 Å². The van der Waals surface area contributed by atoms with Gasteiger partial charge in [-0.15, -0.1) is 12.4 Å². The largest absolute Gasteiger partial charge is 0.462 e. The van der Waals surface area contributed by atoms with Gasteiger partial charge in [0.15, 0.2) is 5.96 Å². The van der Waals surface area contributed by atoms with Crippen LogP contribution in [0.3, 0.4) is 0 Å². The molecule has 0 aromatic rings. The predicted octanol–water partition coefficient (Wildman–Crippen LogP) is 3.76. The van der Waals surface area contributed by atoms with Gasteiger partial charge in [-0.25, -0.2) is 0 Å². The average Bonchev–Trinajstić information content (AvgIpc) is 2.82. The number of aliphatic imine (C=N–C) groups is 1. The Bertz CT molecular complexity index is 976. The lowest BCUT2D eigenvalue weighted by molar-refractivity contribution is -0.166. The van der Waals surface area contributed by atoms with E-state index >= 15 is 0 Å². The molecule has 0 amide bonds. The molecule has 1 saturated heterocycles. The number of hydrogen-bond donors (Lipinski definition) is 4. The first-order valence-corrected chi connectivity index (χ1v) is 14.0. The molecular weight excluding hydrogens is 534 g/mol. The Labute approximate surface area is 245 Å². The number of hydrogen-bond acceptors (Lipinski definition) is 6. The molecule has 1 heterocycles. The lowest BCUT2D eigenvalue weighted by Crippen LogP contribution is -2.43. The van der Waals surface area contributed by atoms with Crippen LogP contribution in [-0.4, -0.2) is 66.3 Å². The van der Waals surface area contributed by atoms with Crippen LogP contribution in [0.2, 0.25) is 0 Å².